The molecule has 0 saturated carbocycles. The minimum absolute atomic E-state index is 0.0322. The smallest absolute Gasteiger partial charge is 0.303 e. The first-order valence-electron chi connectivity index (χ1n) is 6.04. The van der Waals surface area contributed by atoms with Gasteiger partial charge in [-0.3, -0.25) is 9.79 Å². The molecule has 0 amide bonds. The Balaban J connectivity index is 2.81. The van der Waals surface area contributed by atoms with Crippen LogP contribution in [0.15, 0.2) is 16.3 Å². The summed E-state index contributed by atoms with van der Waals surface area (Å²) >= 11 is 0. The zero-order valence-corrected chi connectivity index (χ0v) is 10.5. The summed E-state index contributed by atoms with van der Waals surface area (Å²) in [6.45, 7) is 3.89. The number of nitrogens with one attached hydrogen (secondary N) is 1. The number of hydrogen-bond acceptors (Lipinski definition) is 3. The largest absolute Gasteiger partial charge is 0.481 e. The van der Waals surface area contributed by atoms with Crippen molar-refractivity contribution in [3.63, 3.8) is 0 Å². The maximum absolute atomic E-state index is 10.5. The molecule has 0 heterocycles. The predicted molar refractivity (Wildman–Crippen MR) is 68.9 cm³/mol. The predicted octanol–water partition coefficient (Wildman–Crippen LogP) is 3.18. The normalized spacial score (nSPS) is 15.6. The van der Waals surface area contributed by atoms with E-state index in [0.717, 1.165) is 42.7 Å². The number of rotatable bonds is 5. The minimum Gasteiger partial charge on any atom is -0.481 e. The monoisotopic (exact) mass is 236 g/mol. The maximum Gasteiger partial charge on any atom is 0.303 e. The molecule has 0 aromatic heterocycles. The molecule has 0 unspecified atom stereocenters. The van der Waals surface area contributed by atoms with Crippen molar-refractivity contribution in [1.29, 1.82) is 5.41 Å². The van der Waals surface area contributed by atoms with Crippen molar-refractivity contribution in [2.75, 3.05) is 0 Å². The lowest BCUT2D eigenvalue weighted by Crippen LogP contribution is -2.11. The fourth-order valence-electron chi connectivity index (χ4n) is 1.99. The van der Waals surface area contributed by atoms with Crippen LogP contribution in [0.1, 0.15) is 52.4 Å². The molecule has 0 atom stereocenters. The molecule has 0 aromatic carbocycles. The molecule has 1 aliphatic rings. The van der Waals surface area contributed by atoms with Crippen LogP contribution in [0, 0.1) is 5.41 Å². The van der Waals surface area contributed by atoms with Crippen LogP contribution in [0.25, 0.3) is 0 Å². The van der Waals surface area contributed by atoms with E-state index in [9.17, 15) is 4.79 Å². The number of nitrogens with zero attached hydrogens (tertiary/aromatic N) is 1. The summed E-state index contributed by atoms with van der Waals surface area (Å²) in [6.07, 6.45) is 4.31. The lowest BCUT2D eigenvalue weighted by atomic mass is 9.91. The summed E-state index contributed by atoms with van der Waals surface area (Å²) in [5, 5.41) is 16.6. The molecule has 94 valence electrons. The molecule has 0 spiro atoms. The van der Waals surface area contributed by atoms with Crippen molar-refractivity contribution >= 4 is 17.4 Å². The van der Waals surface area contributed by atoms with Crippen LogP contribution in [-0.4, -0.2) is 22.5 Å². The van der Waals surface area contributed by atoms with Gasteiger partial charge in [-0.2, -0.15) is 0 Å². The van der Waals surface area contributed by atoms with E-state index in [1.165, 1.54) is 0 Å². The van der Waals surface area contributed by atoms with E-state index < -0.39 is 5.97 Å². The first-order valence-corrected chi connectivity index (χ1v) is 6.04. The van der Waals surface area contributed by atoms with Crippen molar-refractivity contribution in [3.05, 3.63) is 11.3 Å². The van der Waals surface area contributed by atoms with Gasteiger partial charge in [-0.05, 0) is 51.5 Å². The van der Waals surface area contributed by atoms with Gasteiger partial charge in [-0.15, -0.1) is 0 Å². The Labute approximate surface area is 102 Å². The number of carboxylic acid groups (broad SMARTS) is 1. The summed E-state index contributed by atoms with van der Waals surface area (Å²) in [7, 11) is 0. The second-order valence-corrected chi connectivity index (χ2v) is 4.56. The molecule has 2 N–H and O–H groups in total. The van der Waals surface area contributed by atoms with E-state index >= 15 is 0 Å². The molecule has 0 aromatic rings. The van der Waals surface area contributed by atoms with Crippen LogP contribution >= 0.6 is 0 Å². The first kappa shape index (κ1) is 13.6. The average molecular weight is 236 g/mol. The molecular formula is C13H20N2O2. The second kappa shape index (κ2) is 6.33. The van der Waals surface area contributed by atoms with Gasteiger partial charge in [0.1, 0.15) is 0 Å². The third-order valence-corrected chi connectivity index (χ3v) is 2.75. The third-order valence-electron chi connectivity index (χ3n) is 2.75. The molecule has 0 bridgehead atoms. The van der Waals surface area contributed by atoms with E-state index in [2.05, 4.69) is 4.99 Å². The van der Waals surface area contributed by atoms with E-state index in [1.54, 1.807) is 0 Å². The highest BCUT2D eigenvalue weighted by molar-refractivity contribution is 6.00. The summed E-state index contributed by atoms with van der Waals surface area (Å²) in [6, 6.07) is 0. The molecular weight excluding hydrogens is 216 g/mol. The van der Waals surface area contributed by atoms with Crippen molar-refractivity contribution < 1.29 is 9.90 Å². The van der Waals surface area contributed by atoms with Gasteiger partial charge in [-0.25, -0.2) is 0 Å². The van der Waals surface area contributed by atoms with Gasteiger partial charge in [0.15, 0.2) is 0 Å². The van der Waals surface area contributed by atoms with Crippen molar-refractivity contribution in [1.82, 2.24) is 0 Å². The Bertz CT molecular complexity index is 377. The molecule has 17 heavy (non-hydrogen) atoms. The zero-order valence-electron chi connectivity index (χ0n) is 10.5. The zero-order chi connectivity index (χ0) is 12.8. The number of allylic oxidation sites excluding steroid dienone is 2. The van der Waals surface area contributed by atoms with Gasteiger partial charge in [0, 0.05) is 17.1 Å². The van der Waals surface area contributed by atoms with Crippen LogP contribution in [0.5, 0.6) is 0 Å². The van der Waals surface area contributed by atoms with Gasteiger partial charge in [0.2, 0.25) is 0 Å². The van der Waals surface area contributed by atoms with Crippen molar-refractivity contribution in [3.8, 4) is 0 Å². The van der Waals surface area contributed by atoms with Crippen LogP contribution in [0.2, 0.25) is 0 Å². The van der Waals surface area contributed by atoms with Crippen LogP contribution in [-0.2, 0) is 4.79 Å². The standard InChI is InChI=1S/C13H20N2O2/c1-9(2)15-12-6-4-3-5-10(12)11(14)7-8-13(16)17/h14H,3-8H2,1-2H3,(H,16,17). The maximum atomic E-state index is 10.5. The molecule has 0 aliphatic heterocycles. The van der Waals surface area contributed by atoms with Crippen LogP contribution in [0.4, 0.5) is 0 Å². The molecule has 4 nitrogen and oxygen atoms in total. The number of aliphatic carboxylic acids is 1. The third kappa shape index (κ3) is 4.51. The van der Waals surface area contributed by atoms with Crippen molar-refractivity contribution in [2.24, 2.45) is 4.99 Å². The highest BCUT2D eigenvalue weighted by Crippen LogP contribution is 2.27. The first-order chi connectivity index (χ1) is 8.00. The fourth-order valence-corrected chi connectivity index (χ4v) is 1.99. The Hall–Kier alpha value is -1.45. The Morgan fingerprint density at radius 1 is 1.29 bits per heavy atom. The van der Waals surface area contributed by atoms with Gasteiger partial charge < -0.3 is 10.5 Å². The average Bonchev–Trinajstić information content (AvgIpc) is 2.25. The summed E-state index contributed by atoms with van der Waals surface area (Å²) in [4.78, 5) is 15.0. The van der Waals surface area contributed by atoms with Crippen LogP contribution < -0.4 is 0 Å². The Morgan fingerprint density at radius 3 is 2.53 bits per heavy atom. The van der Waals surface area contributed by atoms with Gasteiger partial charge in [0.05, 0.1) is 6.42 Å². The molecule has 1 aliphatic carbocycles. The summed E-state index contributed by atoms with van der Waals surface area (Å²) in [5.41, 5.74) is 3.41. The van der Waals surface area contributed by atoms with Gasteiger partial charge >= 0.3 is 5.97 Å². The molecule has 0 radical (unpaired) electrons. The van der Waals surface area contributed by atoms with E-state index in [0.29, 0.717) is 12.1 Å². The molecule has 0 saturated heterocycles. The quantitative estimate of drug-likeness (QED) is 0.719. The Morgan fingerprint density at radius 2 is 1.94 bits per heavy atom. The summed E-state index contributed by atoms with van der Waals surface area (Å²) in [5.74, 6) is -0.845. The lowest BCUT2D eigenvalue weighted by molar-refractivity contribution is -0.136. The topological polar surface area (TPSA) is 73.5 Å². The molecule has 0 fully saturated rings. The summed E-state index contributed by atoms with van der Waals surface area (Å²) < 4.78 is 0. The van der Waals surface area contributed by atoms with Gasteiger partial charge in [-0.1, -0.05) is 0 Å². The van der Waals surface area contributed by atoms with E-state index in [-0.39, 0.29) is 6.42 Å². The molecule has 1 rings (SSSR count). The van der Waals surface area contributed by atoms with E-state index in [4.69, 9.17) is 10.5 Å². The lowest BCUT2D eigenvalue weighted by Gasteiger charge is -2.18. The second-order valence-electron chi connectivity index (χ2n) is 4.56. The van der Waals surface area contributed by atoms with Crippen molar-refractivity contribution in [2.45, 2.75) is 52.4 Å². The number of carboxylic acids is 1. The minimum atomic E-state index is -0.845. The molecule has 4 heteroatoms. The van der Waals surface area contributed by atoms with Gasteiger partial charge in [0.25, 0.3) is 0 Å². The SMILES string of the molecule is CC(C)=NC1=C(C(=N)CCC(=O)O)CCCC1. The fraction of sp³-hybridized carbons (Fsp3) is 0.615. The number of hydrogen-bond donors (Lipinski definition) is 2. The highest BCUT2D eigenvalue weighted by Gasteiger charge is 2.16. The van der Waals surface area contributed by atoms with Crippen LogP contribution in [0.3, 0.4) is 0 Å². The number of aliphatic imine (C=N–C) groups is 1. The Kier molecular flexibility index (Phi) is 5.07. The highest BCUT2D eigenvalue weighted by atomic mass is 16.4. The van der Waals surface area contributed by atoms with E-state index in [1.807, 2.05) is 13.8 Å². The number of carbonyl (C=O) groups is 1.